The van der Waals surface area contributed by atoms with E-state index < -0.39 is 0 Å². The molecular formula is C25H30N4O. The van der Waals surface area contributed by atoms with E-state index in [0.29, 0.717) is 6.54 Å². The van der Waals surface area contributed by atoms with Gasteiger partial charge in [-0.15, -0.1) is 0 Å². The first kappa shape index (κ1) is 20.4. The molecule has 5 heteroatoms. The highest BCUT2D eigenvalue weighted by atomic mass is 16.2. The van der Waals surface area contributed by atoms with Crippen LogP contribution in [0.4, 0.5) is 4.79 Å². The number of carbonyl (C=O) groups excluding carboxylic acids is 1. The number of para-hydroxylation sites is 1. The van der Waals surface area contributed by atoms with Gasteiger partial charge in [0.1, 0.15) is 0 Å². The smallest absolute Gasteiger partial charge is 0.315 e. The van der Waals surface area contributed by atoms with Crippen molar-refractivity contribution >= 4 is 16.9 Å². The van der Waals surface area contributed by atoms with Crippen LogP contribution >= 0.6 is 0 Å². The van der Waals surface area contributed by atoms with E-state index in [1.807, 2.05) is 18.3 Å². The molecule has 2 amide bonds. The molecule has 2 heterocycles. The summed E-state index contributed by atoms with van der Waals surface area (Å²) in [7, 11) is 0. The van der Waals surface area contributed by atoms with E-state index >= 15 is 0 Å². The Labute approximate surface area is 178 Å². The van der Waals surface area contributed by atoms with Crippen molar-refractivity contribution in [1.82, 2.24) is 20.5 Å². The Morgan fingerprint density at radius 2 is 1.80 bits per heavy atom. The van der Waals surface area contributed by atoms with Crippen molar-refractivity contribution in [2.75, 3.05) is 19.6 Å². The minimum absolute atomic E-state index is 0.0689. The van der Waals surface area contributed by atoms with Gasteiger partial charge in [0.25, 0.3) is 0 Å². The number of benzene rings is 2. The largest absolute Gasteiger partial charge is 0.338 e. The van der Waals surface area contributed by atoms with Crippen LogP contribution in [0.15, 0.2) is 60.8 Å². The van der Waals surface area contributed by atoms with Gasteiger partial charge in [0, 0.05) is 43.8 Å². The summed E-state index contributed by atoms with van der Waals surface area (Å²) in [5.41, 5.74) is 4.92. The molecule has 0 bridgehead atoms. The molecule has 1 aromatic heterocycles. The van der Waals surface area contributed by atoms with E-state index in [1.54, 1.807) is 0 Å². The Kier molecular flexibility index (Phi) is 6.60. The zero-order chi connectivity index (χ0) is 20.8. The molecule has 0 radical (unpaired) electrons. The van der Waals surface area contributed by atoms with Crippen molar-refractivity contribution < 1.29 is 4.79 Å². The van der Waals surface area contributed by atoms with Crippen LogP contribution in [0.25, 0.3) is 10.9 Å². The Balaban J connectivity index is 1.19. The van der Waals surface area contributed by atoms with Crippen LogP contribution in [0, 0.1) is 6.92 Å². The molecular weight excluding hydrogens is 372 g/mol. The molecule has 1 fully saturated rings. The molecule has 30 heavy (non-hydrogen) atoms. The highest BCUT2D eigenvalue weighted by Gasteiger charge is 2.21. The minimum Gasteiger partial charge on any atom is -0.338 e. The first-order valence-corrected chi connectivity index (χ1v) is 10.8. The SMILES string of the molecule is Cc1ccccc1CN1CCC(NC(=O)NCCc2cccc3cccnc23)CC1. The van der Waals surface area contributed by atoms with Crippen molar-refractivity contribution in [3.05, 3.63) is 77.5 Å². The van der Waals surface area contributed by atoms with E-state index in [4.69, 9.17) is 0 Å². The summed E-state index contributed by atoms with van der Waals surface area (Å²) >= 11 is 0. The average Bonchev–Trinajstić information content (AvgIpc) is 2.77. The Hall–Kier alpha value is -2.92. The molecule has 0 spiro atoms. The number of hydrogen-bond donors (Lipinski definition) is 2. The lowest BCUT2D eigenvalue weighted by atomic mass is 10.0. The molecule has 1 aliphatic rings. The number of nitrogens with one attached hydrogen (secondary N) is 2. The average molecular weight is 403 g/mol. The summed E-state index contributed by atoms with van der Waals surface area (Å²) in [4.78, 5) is 19.3. The third-order valence-electron chi connectivity index (χ3n) is 5.97. The van der Waals surface area contributed by atoms with Gasteiger partial charge in [-0.05, 0) is 48.9 Å². The molecule has 2 aromatic carbocycles. The van der Waals surface area contributed by atoms with E-state index in [1.165, 1.54) is 11.1 Å². The molecule has 5 nitrogen and oxygen atoms in total. The van der Waals surface area contributed by atoms with Crippen LogP contribution in [0.1, 0.15) is 29.5 Å². The first-order chi connectivity index (χ1) is 14.7. The third-order valence-corrected chi connectivity index (χ3v) is 5.97. The highest BCUT2D eigenvalue weighted by molar-refractivity contribution is 5.81. The van der Waals surface area contributed by atoms with Crippen LogP contribution in [-0.4, -0.2) is 41.6 Å². The number of aryl methyl sites for hydroxylation is 1. The van der Waals surface area contributed by atoms with Crippen LogP contribution in [0.5, 0.6) is 0 Å². The molecule has 2 N–H and O–H groups in total. The number of hydrogen-bond acceptors (Lipinski definition) is 3. The molecule has 0 atom stereocenters. The summed E-state index contributed by atoms with van der Waals surface area (Å²) in [6.45, 7) is 5.79. The second kappa shape index (κ2) is 9.72. The van der Waals surface area contributed by atoms with E-state index in [9.17, 15) is 4.79 Å². The van der Waals surface area contributed by atoms with Gasteiger partial charge in [-0.1, -0.05) is 48.5 Å². The van der Waals surface area contributed by atoms with E-state index in [-0.39, 0.29) is 12.1 Å². The molecule has 3 aromatic rings. The number of piperidine rings is 1. The minimum atomic E-state index is -0.0689. The molecule has 0 unspecified atom stereocenters. The maximum atomic E-state index is 12.3. The van der Waals surface area contributed by atoms with Gasteiger partial charge in [-0.25, -0.2) is 4.79 Å². The quantitative estimate of drug-likeness (QED) is 0.654. The zero-order valence-electron chi connectivity index (χ0n) is 17.6. The van der Waals surface area contributed by atoms with Crippen LogP contribution in [-0.2, 0) is 13.0 Å². The van der Waals surface area contributed by atoms with Crippen LogP contribution in [0.3, 0.4) is 0 Å². The van der Waals surface area contributed by atoms with Crippen molar-refractivity contribution in [2.45, 2.75) is 38.8 Å². The maximum Gasteiger partial charge on any atom is 0.315 e. The number of rotatable bonds is 6. The molecule has 4 rings (SSSR count). The number of nitrogens with zero attached hydrogens (tertiary/aromatic N) is 2. The summed E-state index contributed by atoms with van der Waals surface area (Å²) in [5.74, 6) is 0. The number of amides is 2. The Morgan fingerprint density at radius 3 is 2.63 bits per heavy atom. The number of likely N-dealkylation sites (tertiary alicyclic amines) is 1. The lowest BCUT2D eigenvalue weighted by Gasteiger charge is -2.32. The highest BCUT2D eigenvalue weighted by Crippen LogP contribution is 2.17. The van der Waals surface area contributed by atoms with E-state index in [0.717, 1.165) is 55.4 Å². The Morgan fingerprint density at radius 1 is 1.03 bits per heavy atom. The van der Waals surface area contributed by atoms with Gasteiger partial charge in [0.15, 0.2) is 0 Å². The van der Waals surface area contributed by atoms with E-state index in [2.05, 4.69) is 69.9 Å². The van der Waals surface area contributed by atoms with Crippen LogP contribution < -0.4 is 10.6 Å². The number of urea groups is 1. The zero-order valence-corrected chi connectivity index (χ0v) is 17.6. The summed E-state index contributed by atoms with van der Waals surface area (Å²) in [5, 5.41) is 7.29. The maximum absolute atomic E-state index is 12.3. The van der Waals surface area contributed by atoms with Gasteiger partial charge in [0.2, 0.25) is 0 Å². The summed E-state index contributed by atoms with van der Waals surface area (Å²) < 4.78 is 0. The third kappa shape index (κ3) is 5.16. The fourth-order valence-electron chi connectivity index (χ4n) is 4.18. The Bertz CT molecular complexity index is 990. The fourth-order valence-corrected chi connectivity index (χ4v) is 4.18. The summed E-state index contributed by atoms with van der Waals surface area (Å²) in [6.07, 6.45) is 4.58. The molecule has 1 aliphatic heterocycles. The second-order valence-corrected chi connectivity index (χ2v) is 8.12. The first-order valence-electron chi connectivity index (χ1n) is 10.8. The van der Waals surface area contributed by atoms with Crippen molar-refractivity contribution in [1.29, 1.82) is 0 Å². The van der Waals surface area contributed by atoms with Crippen molar-refractivity contribution in [3.63, 3.8) is 0 Å². The summed E-state index contributed by atoms with van der Waals surface area (Å²) in [6, 6.07) is 19.0. The number of aromatic nitrogens is 1. The van der Waals surface area contributed by atoms with Crippen LogP contribution in [0.2, 0.25) is 0 Å². The van der Waals surface area contributed by atoms with Gasteiger partial charge >= 0.3 is 6.03 Å². The molecule has 156 valence electrons. The predicted molar refractivity (Wildman–Crippen MR) is 121 cm³/mol. The topological polar surface area (TPSA) is 57.3 Å². The van der Waals surface area contributed by atoms with Gasteiger partial charge in [0.05, 0.1) is 5.52 Å². The standard InChI is InChI=1S/C25H30N4O/c1-19-6-2-3-7-22(19)18-29-16-12-23(13-17-29)28-25(30)27-15-11-21-9-4-8-20-10-5-14-26-24(20)21/h2-10,14,23H,11-13,15-18H2,1H3,(H2,27,28,30). The lowest BCUT2D eigenvalue weighted by Crippen LogP contribution is -2.48. The normalized spacial score (nSPS) is 15.2. The fraction of sp³-hybridized carbons (Fsp3) is 0.360. The van der Waals surface area contributed by atoms with Gasteiger partial charge in [-0.2, -0.15) is 0 Å². The molecule has 0 saturated carbocycles. The van der Waals surface area contributed by atoms with Gasteiger partial charge < -0.3 is 10.6 Å². The van der Waals surface area contributed by atoms with Crippen molar-refractivity contribution in [3.8, 4) is 0 Å². The monoisotopic (exact) mass is 402 g/mol. The molecule has 0 aliphatic carbocycles. The second-order valence-electron chi connectivity index (χ2n) is 8.12. The van der Waals surface area contributed by atoms with Crippen molar-refractivity contribution in [2.24, 2.45) is 0 Å². The van der Waals surface area contributed by atoms with Gasteiger partial charge in [-0.3, -0.25) is 9.88 Å². The number of carbonyl (C=O) groups is 1. The predicted octanol–water partition coefficient (Wildman–Crippen LogP) is 4.05. The molecule has 1 saturated heterocycles. The number of fused-ring (bicyclic) bond motifs is 1. The lowest BCUT2D eigenvalue weighted by molar-refractivity contribution is 0.186. The number of pyridine rings is 1.